The van der Waals surface area contributed by atoms with Gasteiger partial charge >= 0.3 is 0 Å². The van der Waals surface area contributed by atoms with Gasteiger partial charge in [-0.25, -0.2) is 9.97 Å². The van der Waals surface area contributed by atoms with E-state index in [1.54, 1.807) is 12.5 Å². The largest absolute Gasteiger partial charge is 0.443 e. The summed E-state index contributed by atoms with van der Waals surface area (Å²) in [6, 6.07) is 0. The third kappa shape index (κ3) is 4.37. The van der Waals surface area contributed by atoms with Gasteiger partial charge in [-0.1, -0.05) is 41.5 Å². The molecule has 1 N–H and O–H groups in total. The second-order valence-corrected chi connectivity index (χ2v) is 9.99. The molecule has 3 aromatic heterocycles. The predicted octanol–water partition coefficient (Wildman–Crippen LogP) is 5.80. The Balaban J connectivity index is 0.00000280. The minimum atomic E-state index is -0.246. The Hall–Kier alpha value is -1.16. The predicted molar refractivity (Wildman–Crippen MR) is 111 cm³/mol. The first-order valence-corrected chi connectivity index (χ1v) is 10.0. The summed E-state index contributed by atoms with van der Waals surface area (Å²) in [5.41, 5.74) is 1.87. The fourth-order valence-electron chi connectivity index (χ4n) is 2.32. The number of H-pyrrole nitrogens is 1. The summed E-state index contributed by atoms with van der Waals surface area (Å²) in [4.78, 5) is 24.9. The van der Waals surface area contributed by atoms with Crippen LogP contribution < -0.4 is 5.43 Å². The molecule has 28 heavy (non-hydrogen) atoms. The quantitative estimate of drug-likeness (QED) is 0.430. The molecule has 0 amide bonds. The minimum absolute atomic E-state index is 0. The second kappa shape index (κ2) is 7.93. The van der Waals surface area contributed by atoms with Crippen LogP contribution in [0.15, 0.2) is 35.1 Å². The summed E-state index contributed by atoms with van der Waals surface area (Å²) >= 11 is 6.69. The van der Waals surface area contributed by atoms with Crippen molar-refractivity contribution in [2.75, 3.05) is 0 Å². The van der Waals surface area contributed by atoms with Crippen molar-refractivity contribution in [3.8, 4) is 23.2 Å². The summed E-state index contributed by atoms with van der Waals surface area (Å²) in [7, 11) is 0. The molecular formula is C19H21Br2CoN3O3. The fourth-order valence-corrected chi connectivity index (χ4v) is 3.52. The van der Waals surface area contributed by atoms with E-state index in [1.165, 1.54) is 0 Å². The van der Waals surface area contributed by atoms with Crippen LogP contribution in [-0.2, 0) is 27.6 Å². The van der Waals surface area contributed by atoms with Gasteiger partial charge in [0.2, 0.25) is 17.2 Å². The van der Waals surface area contributed by atoms with Gasteiger partial charge in [0.1, 0.15) is 23.9 Å². The summed E-state index contributed by atoms with van der Waals surface area (Å²) in [6.45, 7) is 12.3. The van der Waals surface area contributed by atoms with E-state index in [0.717, 1.165) is 11.4 Å². The maximum absolute atomic E-state index is 12.7. The summed E-state index contributed by atoms with van der Waals surface area (Å²) in [5.74, 6) is 0.639. The first-order chi connectivity index (χ1) is 12.4. The van der Waals surface area contributed by atoms with Crippen molar-refractivity contribution in [3.05, 3.63) is 43.1 Å². The Bertz CT molecular complexity index is 976. The van der Waals surface area contributed by atoms with Crippen LogP contribution in [0.1, 0.15) is 52.9 Å². The molecule has 3 aromatic rings. The van der Waals surface area contributed by atoms with E-state index in [4.69, 9.17) is 8.83 Å². The third-order valence-electron chi connectivity index (χ3n) is 4.06. The van der Waals surface area contributed by atoms with Crippen LogP contribution in [0.5, 0.6) is 0 Å². The van der Waals surface area contributed by atoms with Crippen LogP contribution in [0.4, 0.5) is 0 Å². The second-order valence-electron chi connectivity index (χ2n) is 8.41. The number of aromatic nitrogens is 3. The minimum Gasteiger partial charge on any atom is -0.443 e. The topological polar surface area (TPSA) is 84.9 Å². The number of nitrogens with zero attached hydrogens (tertiary/aromatic N) is 2. The average Bonchev–Trinajstić information content (AvgIpc) is 3.21. The number of pyridine rings is 1. The van der Waals surface area contributed by atoms with Crippen LogP contribution in [0.2, 0.25) is 0 Å². The van der Waals surface area contributed by atoms with Gasteiger partial charge in [-0.3, -0.25) is 4.79 Å². The zero-order valence-electron chi connectivity index (χ0n) is 16.4. The van der Waals surface area contributed by atoms with Gasteiger partial charge in [-0.2, -0.15) is 0 Å². The van der Waals surface area contributed by atoms with E-state index in [1.807, 2.05) is 41.5 Å². The van der Waals surface area contributed by atoms with Crippen molar-refractivity contribution in [3.63, 3.8) is 0 Å². The molecule has 0 saturated heterocycles. The molecule has 153 valence electrons. The first kappa shape index (κ1) is 23.1. The molecule has 0 saturated carbocycles. The molecule has 0 spiro atoms. The van der Waals surface area contributed by atoms with Crippen molar-refractivity contribution < 1.29 is 25.6 Å². The summed E-state index contributed by atoms with van der Waals surface area (Å²) in [6.07, 6.45) is 3.20. The number of hydrogen-bond acceptors (Lipinski definition) is 5. The molecule has 0 aliphatic rings. The molecular weight excluding hydrogens is 537 g/mol. The molecule has 6 nitrogen and oxygen atoms in total. The maximum atomic E-state index is 12.7. The monoisotopic (exact) mass is 556 g/mol. The summed E-state index contributed by atoms with van der Waals surface area (Å²) in [5, 5.41) is 0. The zero-order valence-corrected chi connectivity index (χ0v) is 20.6. The van der Waals surface area contributed by atoms with E-state index in [0.29, 0.717) is 32.1 Å². The number of aromatic amines is 1. The van der Waals surface area contributed by atoms with E-state index >= 15 is 0 Å². The standard InChI is InChI=1S/C19H21Br2N3O3.Co/c1-18(2,3)9-7-26-16(22-9)13-11(20)15(25)12(21)14(24-13)17-23-10(8-27-17)19(4,5)6;/h7-8H,1-6H3,(H,24,25);. The van der Waals surface area contributed by atoms with Gasteiger partial charge in [0, 0.05) is 27.6 Å². The maximum Gasteiger partial charge on any atom is 0.244 e. The van der Waals surface area contributed by atoms with E-state index in [2.05, 4.69) is 46.8 Å². The number of oxazole rings is 2. The molecule has 0 unspecified atom stereocenters. The van der Waals surface area contributed by atoms with Crippen LogP contribution in [0.3, 0.4) is 0 Å². The van der Waals surface area contributed by atoms with E-state index < -0.39 is 0 Å². The van der Waals surface area contributed by atoms with Crippen LogP contribution >= 0.6 is 31.9 Å². The molecule has 0 aromatic carbocycles. The van der Waals surface area contributed by atoms with Gasteiger partial charge < -0.3 is 13.8 Å². The van der Waals surface area contributed by atoms with Gasteiger partial charge in [-0.15, -0.1) is 0 Å². The molecule has 0 fully saturated rings. The molecule has 1 radical (unpaired) electrons. The smallest absolute Gasteiger partial charge is 0.244 e. The van der Waals surface area contributed by atoms with Crippen molar-refractivity contribution >= 4 is 31.9 Å². The normalized spacial score (nSPS) is 12.1. The van der Waals surface area contributed by atoms with Crippen molar-refractivity contribution in [1.82, 2.24) is 15.0 Å². The number of halogens is 2. The molecule has 0 bridgehead atoms. The van der Waals surface area contributed by atoms with Crippen molar-refractivity contribution in [2.45, 2.75) is 52.4 Å². The SMILES string of the molecule is CC(C)(C)c1coc(-c2[nH]c(-c3nc(C(C)(C)C)co3)c(Br)c(=O)c2Br)n1.[Co]. The Kier molecular flexibility index (Phi) is 6.55. The summed E-state index contributed by atoms with van der Waals surface area (Å²) < 4.78 is 11.9. The van der Waals surface area contributed by atoms with Gasteiger partial charge in [0.05, 0.1) is 20.3 Å². The van der Waals surface area contributed by atoms with Crippen molar-refractivity contribution in [2.24, 2.45) is 0 Å². The molecule has 3 rings (SSSR count). The van der Waals surface area contributed by atoms with Gasteiger partial charge in [-0.05, 0) is 31.9 Å². The van der Waals surface area contributed by atoms with Crippen molar-refractivity contribution in [1.29, 1.82) is 0 Å². The molecule has 0 aliphatic carbocycles. The Morgan fingerprint density at radius 2 is 1.18 bits per heavy atom. The van der Waals surface area contributed by atoms with Crippen LogP contribution in [0, 0.1) is 0 Å². The zero-order chi connectivity index (χ0) is 20.1. The average molecular weight is 558 g/mol. The molecule has 3 heterocycles. The van der Waals surface area contributed by atoms with Crippen LogP contribution in [0.25, 0.3) is 23.2 Å². The molecule has 0 aliphatic heterocycles. The van der Waals surface area contributed by atoms with E-state index in [-0.39, 0.29) is 33.0 Å². The Labute approximate surface area is 190 Å². The first-order valence-electron chi connectivity index (χ1n) is 8.43. The number of nitrogens with one attached hydrogen (secondary N) is 1. The van der Waals surface area contributed by atoms with Crippen LogP contribution in [-0.4, -0.2) is 15.0 Å². The Morgan fingerprint density at radius 3 is 1.46 bits per heavy atom. The Morgan fingerprint density at radius 1 is 0.821 bits per heavy atom. The van der Waals surface area contributed by atoms with Gasteiger partial charge in [0.25, 0.3) is 0 Å². The third-order valence-corrected chi connectivity index (χ3v) is 5.57. The fraction of sp³-hybridized carbons (Fsp3) is 0.421. The van der Waals surface area contributed by atoms with Gasteiger partial charge in [0.15, 0.2) is 0 Å². The van der Waals surface area contributed by atoms with E-state index in [9.17, 15) is 4.79 Å². The molecule has 0 atom stereocenters. The number of hydrogen-bond donors (Lipinski definition) is 1. The molecule has 9 heteroatoms. The number of rotatable bonds is 2.